The molecule has 1 aliphatic rings. The molecule has 1 aromatic carbocycles. The molecule has 1 aliphatic heterocycles. The molecule has 3 rings (SSSR count). The quantitative estimate of drug-likeness (QED) is 0.939. The van der Waals surface area contributed by atoms with E-state index in [1.54, 1.807) is 6.20 Å². The number of hydrogen-bond donors (Lipinski definition) is 1. The van der Waals surface area contributed by atoms with Crippen LogP contribution in [0.2, 0.25) is 0 Å². The van der Waals surface area contributed by atoms with Crippen molar-refractivity contribution >= 4 is 5.95 Å². The average Bonchev–Trinajstić information content (AvgIpc) is 2.56. The van der Waals surface area contributed by atoms with E-state index in [1.165, 1.54) is 12.1 Å². The number of nitrogens with zero attached hydrogens (tertiary/aromatic N) is 3. The van der Waals surface area contributed by atoms with Crippen molar-refractivity contribution in [1.29, 1.82) is 0 Å². The molecule has 5 heteroatoms. The van der Waals surface area contributed by atoms with Crippen molar-refractivity contribution in [2.45, 2.75) is 12.8 Å². The minimum Gasteiger partial charge on any atom is -0.338 e. The van der Waals surface area contributed by atoms with Crippen LogP contribution in [0.15, 0.2) is 36.5 Å². The predicted octanol–water partition coefficient (Wildman–Crippen LogP) is 2.18. The first-order valence-corrected chi connectivity index (χ1v) is 7.28. The zero-order valence-electron chi connectivity index (χ0n) is 12.1. The van der Waals surface area contributed by atoms with E-state index >= 15 is 0 Å². The van der Waals surface area contributed by atoms with Crippen LogP contribution in [0, 0.1) is 5.82 Å². The summed E-state index contributed by atoms with van der Waals surface area (Å²) in [5.74, 6) is 0.688. The lowest BCUT2D eigenvalue weighted by atomic mass is 9.98. The van der Waals surface area contributed by atoms with Crippen LogP contribution in [0.5, 0.6) is 0 Å². The summed E-state index contributed by atoms with van der Waals surface area (Å²) in [4.78, 5) is 11.3. The van der Waals surface area contributed by atoms with Crippen LogP contribution in [0.3, 0.4) is 0 Å². The molecular weight excluding hydrogens is 267 g/mol. The van der Waals surface area contributed by atoms with E-state index in [-0.39, 0.29) is 11.7 Å². The highest BCUT2D eigenvalue weighted by molar-refractivity contribution is 5.35. The minimum absolute atomic E-state index is 0.121. The van der Waals surface area contributed by atoms with Gasteiger partial charge < -0.3 is 10.2 Å². The Morgan fingerprint density at radius 1 is 1.14 bits per heavy atom. The van der Waals surface area contributed by atoms with Gasteiger partial charge in [0.1, 0.15) is 5.82 Å². The fourth-order valence-corrected chi connectivity index (χ4v) is 2.54. The van der Waals surface area contributed by atoms with Crippen LogP contribution in [-0.4, -0.2) is 36.1 Å². The summed E-state index contributed by atoms with van der Waals surface area (Å²) in [5, 5.41) is 3.32. The summed E-state index contributed by atoms with van der Waals surface area (Å²) >= 11 is 0. The first kappa shape index (κ1) is 13.9. The van der Waals surface area contributed by atoms with Gasteiger partial charge in [0.15, 0.2) is 0 Å². The van der Waals surface area contributed by atoms with Gasteiger partial charge >= 0.3 is 0 Å². The Balaban J connectivity index is 1.83. The highest BCUT2D eigenvalue weighted by atomic mass is 19.1. The van der Waals surface area contributed by atoms with Gasteiger partial charge in [-0.15, -0.1) is 0 Å². The molecule has 2 aromatic rings. The lowest BCUT2D eigenvalue weighted by molar-refractivity contribution is 0.578. The number of rotatable bonds is 3. The van der Waals surface area contributed by atoms with Crippen molar-refractivity contribution in [2.75, 3.05) is 31.1 Å². The van der Waals surface area contributed by atoms with Crippen LogP contribution in [0.1, 0.15) is 24.1 Å². The van der Waals surface area contributed by atoms with Gasteiger partial charge in [-0.25, -0.2) is 14.4 Å². The lowest BCUT2D eigenvalue weighted by Gasteiger charge is -2.27. The molecule has 0 amide bonds. The van der Waals surface area contributed by atoms with Crippen LogP contribution >= 0.6 is 0 Å². The van der Waals surface area contributed by atoms with E-state index in [4.69, 9.17) is 0 Å². The van der Waals surface area contributed by atoms with Gasteiger partial charge in [-0.05, 0) is 23.8 Å². The zero-order valence-corrected chi connectivity index (χ0v) is 12.1. The minimum atomic E-state index is -0.213. The standard InChI is InChI=1S/C16H19FN4/c1-12(13-2-4-14(17)5-3-13)15-6-7-19-16(20-15)21-10-8-18-9-11-21/h2-7,12,18H,8-11H2,1H3. The summed E-state index contributed by atoms with van der Waals surface area (Å²) in [5.41, 5.74) is 2.02. The Bertz CT molecular complexity index is 593. The van der Waals surface area contributed by atoms with E-state index in [0.29, 0.717) is 0 Å². The Labute approximate surface area is 124 Å². The van der Waals surface area contributed by atoms with Crippen LogP contribution < -0.4 is 10.2 Å². The van der Waals surface area contributed by atoms with Crippen LogP contribution in [-0.2, 0) is 0 Å². The highest BCUT2D eigenvalue weighted by Gasteiger charge is 2.16. The number of anilines is 1. The zero-order chi connectivity index (χ0) is 14.7. The Morgan fingerprint density at radius 2 is 1.86 bits per heavy atom. The van der Waals surface area contributed by atoms with E-state index in [0.717, 1.165) is 43.4 Å². The summed E-state index contributed by atoms with van der Waals surface area (Å²) in [6, 6.07) is 8.54. The Morgan fingerprint density at radius 3 is 2.57 bits per heavy atom. The van der Waals surface area contributed by atoms with Crippen molar-refractivity contribution in [1.82, 2.24) is 15.3 Å². The third-order valence-corrected chi connectivity index (χ3v) is 3.88. The first-order chi connectivity index (χ1) is 10.2. The molecule has 1 atom stereocenters. The molecule has 0 saturated carbocycles. The molecule has 1 fully saturated rings. The van der Waals surface area contributed by atoms with Gasteiger partial charge in [0.2, 0.25) is 5.95 Å². The number of aromatic nitrogens is 2. The molecule has 21 heavy (non-hydrogen) atoms. The lowest BCUT2D eigenvalue weighted by Crippen LogP contribution is -2.44. The summed E-state index contributed by atoms with van der Waals surface area (Å²) < 4.78 is 13.0. The molecule has 4 nitrogen and oxygen atoms in total. The third-order valence-electron chi connectivity index (χ3n) is 3.88. The summed E-state index contributed by atoms with van der Waals surface area (Å²) in [6.07, 6.45) is 1.81. The molecule has 110 valence electrons. The van der Waals surface area contributed by atoms with E-state index in [2.05, 4.69) is 27.1 Å². The fourth-order valence-electron chi connectivity index (χ4n) is 2.54. The van der Waals surface area contributed by atoms with Crippen molar-refractivity contribution in [2.24, 2.45) is 0 Å². The molecule has 1 saturated heterocycles. The highest BCUT2D eigenvalue weighted by Crippen LogP contribution is 2.23. The summed E-state index contributed by atoms with van der Waals surface area (Å²) in [7, 11) is 0. The van der Waals surface area contributed by atoms with Crippen molar-refractivity contribution in [3.05, 3.63) is 53.6 Å². The molecule has 1 N–H and O–H groups in total. The second-order valence-corrected chi connectivity index (χ2v) is 5.29. The molecule has 1 unspecified atom stereocenters. The topological polar surface area (TPSA) is 41.1 Å². The van der Waals surface area contributed by atoms with Crippen molar-refractivity contribution < 1.29 is 4.39 Å². The van der Waals surface area contributed by atoms with Gasteiger partial charge in [-0.1, -0.05) is 19.1 Å². The van der Waals surface area contributed by atoms with Crippen LogP contribution in [0.25, 0.3) is 0 Å². The van der Waals surface area contributed by atoms with Gasteiger partial charge in [0.05, 0.1) is 5.69 Å². The monoisotopic (exact) mass is 286 g/mol. The van der Waals surface area contributed by atoms with Gasteiger partial charge in [-0.2, -0.15) is 0 Å². The molecule has 1 aromatic heterocycles. The maximum Gasteiger partial charge on any atom is 0.225 e. The van der Waals surface area contributed by atoms with Gasteiger partial charge in [0, 0.05) is 38.3 Å². The predicted molar refractivity (Wildman–Crippen MR) is 81.0 cm³/mol. The number of hydrogen-bond acceptors (Lipinski definition) is 4. The summed E-state index contributed by atoms with van der Waals surface area (Å²) in [6.45, 7) is 5.85. The number of halogens is 1. The first-order valence-electron chi connectivity index (χ1n) is 7.28. The maximum atomic E-state index is 13.0. The van der Waals surface area contributed by atoms with Crippen LogP contribution in [0.4, 0.5) is 10.3 Å². The number of benzene rings is 1. The number of piperazine rings is 1. The third kappa shape index (κ3) is 3.19. The molecule has 0 aliphatic carbocycles. The number of nitrogens with one attached hydrogen (secondary N) is 1. The van der Waals surface area contributed by atoms with E-state index in [1.807, 2.05) is 18.2 Å². The average molecular weight is 286 g/mol. The van der Waals surface area contributed by atoms with Crippen molar-refractivity contribution in [3.63, 3.8) is 0 Å². The molecule has 2 heterocycles. The van der Waals surface area contributed by atoms with Gasteiger partial charge in [-0.3, -0.25) is 0 Å². The van der Waals surface area contributed by atoms with E-state index in [9.17, 15) is 4.39 Å². The Hall–Kier alpha value is -2.01. The second kappa shape index (κ2) is 6.18. The largest absolute Gasteiger partial charge is 0.338 e. The molecule has 0 bridgehead atoms. The SMILES string of the molecule is CC(c1ccc(F)cc1)c1ccnc(N2CCNCC2)n1. The van der Waals surface area contributed by atoms with E-state index < -0.39 is 0 Å². The van der Waals surface area contributed by atoms with Crippen molar-refractivity contribution in [3.8, 4) is 0 Å². The van der Waals surface area contributed by atoms with Gasteiger partial charge in [0.25, 0.3) is 0 Å². The molecular formula is C16H19FN4. The smallest absolute Gasteiger partial charge is 0.225 e. The Kier molecular flexibility index (Phi) is 4.10. The second-order valence-electron chi connectivity index (χ2n) is 5.29. The molecule has 0 spiro atoms. The fraction of sp³-hybridized carbons (Fsp3) is 0.375. The molecule has 0 radical (unpaired) electrons. The maximum absolute atomic E-state index is 13.0. The normalized spacial score (nSPS) is 16.8.